The predicted octanol–water partition coefficient (Wildman–Crippen LogP) is 5.90. The fourth-order valence-corrected chi connectivity index (χ4v) is 2.72. The van der Waals surface area contributed by atoms with Gasteiger partial charge in [0.05, 0.1) is 0 Å². The number of allylic oxidation sites excluding steroid dienone is 1. The van der Waals surface area contributed by atoms with E-state index in [4.69, 9.17) is 5.41 Å². The first kappa shape index (κ1) is 16.3. The molecule has 1 heteroatoms. The standard InChI is InChI=1S/C21H25N/c22-18-21(20-15-10-5-11-16-20)17-9-3-1-2-6-12-19-13-7-4-8-14-19/h4-5,7-8,10-11,13-16,22H,1-3,6,9,12,17H2. The van der Waals surface area contributed by atoms with Gasteiger partial charge in [-0.1, -0.05) is 79.9 Å². The van der Waals surface area contributed by atoms with Gasteiger partial charge in [-0.2, -0.15) is 0 Å². The molecular formula is C21H25N. The fraction of sp³-hybridized carbons (Fsp3) is 0.333. The largest absolute Gasteiger partial charge is 0.258 e. The second-order valence-corrected chi connectivity index (χ2v) is 5.72. The van der Waals surface area contributed by atoms with E-state index in [1.165, 1.54) is 37.7 Å². The zero-order valence-electron chi connectivity index (χ0n) is 13.2. The molecule has 0 aliphatic rings. The molecule has 0 bridgehead atoms. The molecule has 22 heavy (non-hydrogen) atoms. The normalized spacial score (nSPS) is 10.2. The van der Waals surface area contributed by atoms with Gasteiger partial charge in [0.15, 0.2) is 0 Å². The second kappa shape index (κ2) is 9.76. The Balaban J connectivity index is 1.58. The van der Waals surface area contributed by atoms with Crippen molar-refractivity contribution in [2.45, 2.75) is 44.9 Å². The molecule has 0 fully saturated rings. The van der Waals surface area contributed by atoms with Gasteiger partial charge in [-0.3, -0.25) is 5.41 Å². The highest BCUT2D eigenvalue weighted by atomic mass is 14.3. The number of hydrogen-bond donors (Lipinski definition) is 1. The van der Waals surface area contributed by atoms with Crippen LogP contribution in [0.15, 0.2) is 60.7 Å². The summed E-state index contributed by atoms with van der Waals surface area (Å²) in [7, 11) is 0. The van der Waals surface area contributed by atoms with Gasteiger partial charge in [-0.05, 0) is 42.7 Å². The first-order chi connectivity index (χ1) is 10.9. The summed E-state index contributed by atoms with van der Waals surface area (Å²) in [5.41, 5.74) is 3.62. The Kier molecular flexibility index (Phi) is 7.21. The molecule has 1 nitrogen and oxygen atoms in total. The number of benzene rings is 2. The third kappa shape index (κ3) is 5.71. The van der Waals surface area contributed by atoms with E-state index in [9.17, 15) is 0 Å². The Morgan fingerprint density at radius 2 is 1.32 bits per heavy atom. The van der Waals surface area contributed by atoms with Crippen LogP contribution in [-0.2, 0) is 6.42 Å². The molecule has 0 aromatic heterocycles. The minimum absolute atomic E-state index is 0.964. The molecule has 0 aliphatic carbocycles. The van der Waals surface area contributed by atoms with Crippen LogP contribution in [0.5, 0.6) is 0 Å². The lowest BCUT2D eigenvalue weighted by atomic mass is 10.00. The lowest BCUT2D eigenvalue weighted by Gasteiger charge is -2.05. The van der Waals surface area contributed by atoms with Crippen LogP contribution in [0.3, 0.4) is 0 Å². The van der Waals surface area contributed by atoms with Gasteiger partial charge in [0.2, 0.25) is 0 Å². The van der Waals surface area contributed by atoms with Crippen molar-refractivity contribution in [1.82, 2.24) is 0 Å². The van der Waals surface area contributed by atoms with Crippen molar-refractivity contribution >= 4 is 11.4 Å². The zero-order chi connectivity index (χ0) is 15.5. The van der Waals surface area contributed by atoms with Crippen molar-refractivity contribution in [3.63, 3.8) is 0 Å². The number of unbranched alkanes of at least 4 members (excludes halogenated alkanes) is 4. The van der Waals surface area contributed by atoms with Crippen LogP contribution in [0.4, 0.5) is 0 Å². The molecule has 0 aliphatic heterocycles. The van der Waals surface area contributed by atoms with E-state index >= 15 is 0 Å². The van der Waals surface area contributed by atoms with Crippen molar-refractivity contribution in [2.24, 2.45) is 0 Å². The Morgan fingerprint density at radius 3 is 2.00 bits per heavy atom. The van der Waals surface area contributed by atoms with E-state index < -0.39 is 0 Å². The summed E-state index contributed by atoms with van der Waals surface area (Å²) in [6.07, 6.45) is 8.41. The lowest BCUT2D eigenvalue weighted by molar-refractivity contribution is 0.620. The monoisotopic (exact) mass is 291 g/mol. The molecule has 2 rings (SSSR count). The molecule has 2 aromatic carbocycles. The number of aryl methyl sites for hydroxylation is 1. The van der Waals surface area contributed by atoms with Crippen molar-refractivity contribution in [3.8, 4) is 0 Å². The van der Waals surface area contributed by atoms with E-state index in [0.717, 1.165) is 24.0 Å². The molecule has 0 amide bonds. The highest BCUT2D eigenvalue weighted by Gasteiger charge is 2.01. The first-order valence-corrected chi connectivity index (χ1v) is 8.28. The third-order valence-electron chi connectivity index (χ3n) is 4.01. The first-order valence-electron chi connectivity index (χ1n) is 8.28. The molecule has 2 aromatic rings. The molecule has 0 heterocycles. The number of rotatable bonds is 9. The Hall–Kier alpha value is -2.11. The summed E-state index contributed by atoms with van der Waals surface area (Å²) in [6, 6.07) is 20.9. The molecular weight excluding hydrogens is 266 g/mol. The molecule has 0 spiro atoms. The molecule has 0 saturated heterocycles. The van der Waals surface area contributed by atoms with E-state index in [-0.39, 0.29) is 0 Å². The second-order valence-electron chi connectivity index (χ2n) is 5.72. The molecule has 1 N–H and O–H groups in total. The minimum Gasteiger partial charge on any atom is -0.258 e. The average molecular weight is 291 g/mol. The summed E-state index contributed by atoms with van der Waals surface area (Å²) in [5.74, 6) is 2.61. The molecule has 0 unspecified atom stereocenters. The smallest absolute Gasteiger partial charge is 0.0201 e. The molecule has 114 valence electrons. The van der Waals surface area contributed by atoms with Gasteiger partial charge in [0.25, 0.3) is 0 Å². The number of hydrogen-bond acceptors (Lipinski definition) is 1. The maximum absolute atomic E-state index is 7.45. The summed E-state index contributed by atoms with van der Waals surface area (Å²) in [5, 5.41) is 7.45. The quantitative estimate of drug-likeness (QED) is 0.439. The minimum atomic E-state index is 0.964. The van der Waals surface area contributed by atoms with E-state index in [2.05, 4.69) is 48.3 Å². The maximum atomic E-state index is 7.45. The van der Waals surface area contributed by atoms with Crippen LogP contribution in [0.25, 0.3) is 5.57 Å². The SMILES string of the molecule is N=C=C(CCCCCCCc1ccccc1)c1ccccc1. The lowest BCUT2D eigenvalue weighted by Crippen LogP contribution is -1.88. The van der Waals surface area contributed by atoms with Crippen LogP contribution in [-0.4, -0.2) is 5.87 Å². The highest BCUT2D eigenvalue weighted by molar-refractivity contribution is 5.88. The number of nitrogens with one attached hydrogen (secondary N) is 1. The Morgan fingerprint density at radius 1 is 0.727 bits per heavy atom. The van der Waals surface area contributed by atoms with E-state index in [1.807, 2.05) is 18.2 Å². The molecule has 0 radical (unpaired) electrons. The summed E-state index contributed by atoms with van der Waals surface area (Å²) >= 11 is 0. The fourth-order valence-electron chi connectivity index (χ4n) is 2.72. The van der Waals surface area contributed by atoms with Crippen LogP contribution in [0.1, 0.15) is 49.7 Å². The van der Waals surface area contributed by atoms with Gasteiger partial charge >= 0.3 is 0 Å². The Bertz CT molecular complexity index is 580. The van der Waals surface area contributed by atoms with Gasteiger partial charge in [-0.25, -0.2) is 0 Å². The van der Waals surface area contributed by atoms with Gasteiger partial charge < -0.3 is 0 Å². The third-order valence-corrected chi connectivity index (χ3v) is 4.01. The van der Waals surface area contributed by atoms with Crippen molar-refractivity contribution in [3.05, 3.63) is 71.8 Å². The van der Waals surface area contributed by atoms with Crippen LogP contribution in [0.2, 0.25) is 0 Å². The zero-order valence-corrected chi connectivity index (χ0v) is 13.2. The Labute approximate surface area is 134 Å². The van der Waals surface area contributed by atoms with Gasteiger partial charge in [-0.15, -0.1) is 0 Å². The molecule has 0 atom stereocenters. The van der Waals surface area contributed by atoms with Crippen LogP contribution in [0, 0.1) is 5.41 Å². The topological polar surface area (TPSA) is 23.9 Å². The highest BCUT2D eigenvalue weighted by Crippen LogP contribution is 2.19. The predicted molar refractivity (Wildman–Crippen MR) is 95.4 cm³/mol. The van der Waals surface area contributed by atoms with Crippen molar-refractivity contribution in [2.75, 3.05) is 0 Å². The summed E-state index contributed by atoms with van der Waals surface area (Å²) in [6.45, 7) is 0. The molecule has 0 saturated carbocycles. The maximum Gasteiger partial charge on any atom is 0.0201 e. The van der Waals surface area contributed by atoms with Crippen LogP contribution < -0.4 is 0 Å². The van der Waals surface area contributed by atoms with Crippen molar-refractivity contribution in [1.29, 1.82) is 5.41 Å². The van der Waals surface area contributed by atoms with E-state index in [0.29, 0.717) is 0 Å². The summed E-state index contributed by atoms with van der Waals surface area (Å²) < 4.78 is 0. The van der Waals surface area contributed by atoms with Gasteiger partial charge in [0.1, 0.15) is 0 Å². The summed E-state index contributed by atoms with van der Waals surface area (Å²) in [4.78, 5) is 0. The van der Waals surface area contributed by atoms with Gasteiger partial charge in [0, 0.05) is 5.57 Å². The van der Waals surface area contributed by atoms with Crippen LogP contribution >= 0.6 is 0 Å². The van der Waals surface area contributed by atoms with Crippen molar-refractivity contribution < 1.29 is 0 Å². The van der Waals surface area contributed by atoms with E-state index in [1.54, 1.807) is 0 Å². The average Bonchev–Trinajstić information content (AvgIpc) is 2.59.